The van der Waals surface area contributed by atoms with E-state index in [2.05, 4.69) is 10.6 Å². The van der Waals surface area contributed by atoms with Gasteiger partial charge in [0.15, 0.2) is 17.5 Å². The number of carbonyl (C=O) groups excluding carboxylic acids is 1. The highest BCUT2D eigenvalue weighted by Gasteiger charge is 2.18. The summed E-state index contributed by atoms with van der Waals surface area (Å²) in [6.45, 7) is 2.27. The van der Waals surface area contributed by atoms with Crippen LogP contribution in [0.25, 0.3) is 0 Å². The van der Waals surface area contributed by atoms with Crippen molar-refractivity contribution in [3.63, 3.8) is 0 Å². The standard InChI is InChI=1S/C14H17F3N2O2/c15-11-2-1-10(12(16)13(11)17)14(20)19-7-8-21-9-3-5-18-6-4-9/h1-2,9,18H,3-8H2,(H,19,20). The van der Waals surface area contributed by atoms with Gasteiger partial charge in [0.05, 0.1) is 18.3 Å². The van der Waals surface area contributed by atoms with E-state index in [1.807, 2.05) is 0 Å². The Morgan fingerprint density at radius 1 is 1.24 bits per heavy atom. The summed E-state index contributed by atoms with van der Waals surface area (Å²) in [4.78, 5) is 11.7. The highest BCUT2D eigenvalue weighted by atomic mass is 19.2. The molecule has 1 heterocycles. The second kappa shape index (κ2) is 7.42. The highest BCUT2D eigenvalue weighted by Crippen LogP contribution is 2.15. The van der Waals surface area contributed by atoms with E-state index in [-0.39, 0.29) is 12.6 Å². The van der Waals surface area contributed by atoms with Gasteiger partial charge in [-0.3, -0.25) is 4.79 Å². The Balaban J connectivity index is 1.78. The minimum atomic E-state index is -1.64. The van der Waals surface area contributed by atoms with Crippen molar-refractivity contribution in [3.05, 3.63) is 35.1 Å². The van der Waals surface area contributed by atoms with Crippen LogP contribution in [0.4, 0.5) is 13.2 Å². The number of ether oxygens (including phenoxy) is 1. The molecular formula is C14H17F3N2O2. The number of carbonyl (C=O) groups is 1. The molecule has 0 bridgehead atoms. The first-order valence-corrected chi connectivity index (χ1v) is 6.83. The summed E-state index contributed by atoms with van der Waals surface area (Å²) in [6.07, 6.45) is 1.97. The molecule has 0 aromatic heterocycles. The third-order valence-corrected chi connectivity index (χ3v) is 3.31. The number of amides is 1. The molecule has 1 fully saturated rings. The lowest BCUT2D eigenvalue weighted by atomic mass is 10.1. The second-order valence-electron chi connectivity index (χ2n) is 4.80. The Labute approximate surface area is 120 Å². The van der Waals surface area contributed by atoms with E-state index >= 15 is 0 Å². The Hall–Kier alpha value is -1.60. The average molecular weight is 302 g/mol. The summed E-state index contributed by atoms with van der Waals surface area (Å²) in [7, 11) is 0. The summed E-state index contributed by atoms with van der Waals surface area (Å²) in [6, 6.07) is 1.63. The summed E-state index contributed by atoms with van der Waals surface area (Å²) in [5.41, 5.74) is -0.518. The van der Waals surface area contributed by atoms with Gasteiger partial charge in [-0.2, -0.15) is 0 Å². The highest BCUT2D eigenvalue weighted by molar-refractivity contribution is 5.94. The molecule has 1 aliphatic heterocycles. The van der Waals surface area contributed by atoms with Gasteiger partial charge in [0.1, 0.15) is 0 Å². The molecule has 1 aliphatic rings. The number of hydrogen-bond acceptors (Lipinski definition) is 3. The Morgan fingerprint density at radius 2 is 1.95 bits per heavy atom. The maximum Gasteiger partial charge on any atom is 0.254 e. The topological polar surface area (TPSA) is 50.4 Å². The Bertz CT molecular complexity index is 505. The van der Waals surface area contributed by atoms with Crippen LogP contribution in [-0.2, 0) is 4.74 Å². The van der Waals surface area contributed by atoms with Gasteiger partial charge in [-0.05, 0) is 38.1 Å². The molecule has 2 rings (SSSR count). The zero-order valence-electron chi connectivity index (χ0n) is 11.4. The number of halogens is 3. The molecule has 1 amide bonds. The van der Waals surface area contributed by atoms with Crippen LogP contribution in [-0.4, -0.2) is 38.3 Å². The van der Waals surface area contributed by atoms with Gasteiger partial charge in [0.2, 0.25) is 0 Å². The second-order valence-corrected chi connectivity index (χ2v) is 4.80. The van der Waals surface area contributed by atoms with Crippen LogP contribution >= 0.6 is 0 Å². The molecule has 21 heavy (non-hydrogen) atoms. The smallest absolute Gasteiger partial charge is 0.254 e. The van der Waals surface area contributed by atoms with E-state index in [9.17, 15) is 18.0 Å². The molecule has 1 aromatic rings. The zero-order chi connectivity index (χ0) is 15.2. The fourth-order valence-corrected chi connectivity index (χ4v) is 2.15. The van der Waals surface area contributed by atoms with E-state index in [1.165, 1.54) is 0 Å². The Morgan fingerprint density at radius 3 is 2.67 bits per heavy atom. The fourth-order valence-electron chi connectivity index (χ4n) is 2.15. The van der Waals surface area contributed by atoms with Crippen LogP contribution in [0.3, 0.4) is 0 Å². The van der Waals surface area contributed by atoms with E-state index < -0.39 is 28.9 Å². The third kappa shape index (κ3) is 4.18. The molecule has 0 spiro atoms. The van der Waals surface area contributed by atoms with Crippen molar-refractivity contribution in [3.8, 4) is 0 Å². The van der Waals surface area contributed by atoms with Gasteiger partial charge in [0, 0.05) is 6.54 Å². The van der Waals surface area contributed by atoms with Crippen molar-refractivity contribution in [2.24, 2.45) is 0 Å². The first kappa shape index (κ1) is 15.8. The molecule has 1 saturated heterocycles. The number of rotatable bonds is 5. The van der Waals surface area contributed by atoms with Crippen molar-refractivity contribution < 1.29 is 22.7 Å². The van der Waals surface area contributed by atoms with Crippen molar-refractivity contribution in [2.75, 3.05) is 26.2 Å². The molecule has 0 saturated carbocycles. The molecule has 2 N–H and O–H groups in total. The monoisotopic (exact) mass is 302 g/mol. The van der Waals surface area contributed by atoms with Crippen LogP contribution in [0.1, 0.15) is 23.2 Å². The number of nitrogens with one attached hydrogen (secondary N) is 2. The fraction of sp³-hybridized carbons (Fsp3) is 0.500. The predicted molar refractivity (Wildman–Crippen MR) is 70.5 cm³/mol. The molecule has 0 atom stereocenters. The third-order valence-electron chi connectivity index (χ3n) is 3.31. The lowest BCUT2D eigenvalue weighted by Gasteiger charge is -2.22. The quantitative estimate of drug-likeness (QED) is 0.642. The first-order valence-electron chi connectivity index (χ1n) is 6.83. The number of hydrogen-bond donors (Lipinski definition) is 2. The van der Waals surface area contributed by atoms with Crippen LogP contribution < -0.4 is 10.6 Å². The van der Waals surface area contributed by atoms with Gasteiger partial charge in [-0.25, -0.2) is 13.2 Å². The maximum atomic E-state index is 13.4. The maximum absolute atomic E-state index is 13.4. The van der Waals surface area contributed by atoms with Crippen LogP contribution in [0, 0.1) is 17.5 Å². The minimum absolute atomic E-state index is 0.156. The summed E-state index contributed by atoms with van der Waals surface area (Å²) < 4.78 is 44.7. The summed E-state index contributed by atoms with van der Waals surface area (Å²) in [5, 5.41) is 5.62. The van der Waals surface area contributed by atoms with Crippen molar-refractivity contribution in [1.82, 2.24) is 10.6 Å². The van der Waals surface area contributed by atoms with Gasteiger partial charge < -0.3 is 15.4 Å². The average Bonchev–Trinajstić information content (AvgIpc) is 2.50. The molecule has 0 aliphatic carbocycles. The SMILES string of the molecule is O=C(NCCOC1CCNCC1)c1ccc(F)c(F)c1F. The van der Waals surface area contributed by atoms with Gasteiger partial charge in [-0.1, -0.05) is 0 Å². The van der Waals surface area contributed by atoms with E-state index in [0.717, 1.165) is 38.1 Å². The van der Waals surface area contributed by atoms with Crippen molar-refractivity contribution in [1.29, 1.82) is 0 Å². The van der Waals surface area contributed by atoms with E-state index in [1.54, 1.807) is 0 Å². The molecule has 0 unspecified atom stereocenters. The summed E-state index contributed by atoms with van der Waals surface area (Å²) >= 11 is 0. The normalized spacial score (nSPS) is 16.0. The molecular weight excluding hydrogens is 285 g/mol. The lowest BCUT2D eigenvalue weighted by Crippen LogP contribution is -2.35. The Kier molecular flexibility index (Phi) is 5.58. The molecule has 116 valence electrons. The molecule has 1 aromatic carbocycles. The van der Waals surface area contributed by atoms with Crippen LogP contribution in [0.2, 0.25) is 0 Å². The predicted octanol–water partition coefficient (Wildman–Crippen LogP) is 1.60. The van der Waals surface area contributed by atoms with Crippen LogP contribution in [0.5, 0.6) is 0 Å². The van der Waals surface area contributed by atoms with Gasteiger partial charge in [-0.15, -0.1) is 0 Å². The molecule has 0 radical (unpaired) electrons. The van der Waals surface area contributed by atoms with Crippen molar-refractivity contribution >= 4 is 5.91 Å². The molecule has 7 heteroatoms. The number of piperidine rings is 1. The van der Waals surface area contributed by atoms with Gasteiger partial charge >= 0.3 is 0 Å². The van der Waals surface area contributed by atoms with E-state index in [4.69, 9.17) is 4.74 Å². The zero-order valence-corrected chi connectivity index (χ0v) is 11.4. The lowest BCUT2D eigenvalue weighted by molar-refractivity contribution is 0.0343. The van der Waals surface area contributed by atoms with E-state index in [0.29, 0.717) is 6.61 Å². The van der Waals surface area contributed by atoms with Crippen molar-refractivity contribution in [2.45, 2.75) is 18.9 Å². The van der Waals surface area contributed by atoms with Crippen LogP contribution in [0.15, 0.2) is 12.1 Å². The van der Waals surface area contributed by atoms with Gasteiger partial charge in [0.25, 0.3) is 5.91 Å². The largest absolute Gasteiger partial charge is 0.376 e. The first-order chi connectivity index (χ1) is 10.1. The number of benzene rings is 1. The molecule has 4 nitrogen and oxygen atoms in total. The minimum Gasteiger partial charge on any atom is -0.376 e. The summed E-state index contributed by atoms with van der Waals surface area (Å²) in [5.74, 6) is -5.24.